The molecule has 2 rings (SSSR count). The quantitative estimate of drug-likeness (QED) is 0.699. The van der Waals surface area contributed by atoms with E-state index in [9.17, 15) is 9.59 Å². The fourth-order valence-electron chi connectivity index (χ4n) is 1.92. The van der Waals surface area contributed by atoms with Crippen LogP contribution >= 0.6 is 0 Å². The molecule has 2 aliphatic heterocycles. The van der Waals surface area contributed by atoms with Crippen LogP contribution in [0.25, 0.3) is 0 Å². The van der Waals surface area contributed by atoms with Gasteiger partial charge in [-0.2, -0.15) is 0 Å². The van der Waals surface area contributed by atoms with Crippen LogP contribution in [0.4, 0.5) is 0 Å². The second-order valence-corrected chi connectivity index (χ2v) is 6.30. The molecule has 0 aromatic carbocycles. The van der Waals surface area contributed by atoms with Crippen LogP contribution < -0.4 is 0 Å². The van der Waals surface area contributed by atoms with Gasteiger partial charge in [0.1, 0.15) is 6.61 Å². The fraction of sp³-hybridized carbons (Fsp3) is 0.846. The zero-order valence-corrected chi connectivity index (χ0v) is 11.9. The van der Waals surface area contributed by atoms with Gasteiger partial charge in [-0.25, -0.2) is 0 Å². The van der Waals surface area contributed by atoms with E-state index >= 15 is 0 Å². The largest absolute Gasteiger partial charge is 0.462 e. The molecular formula is C13H20O6. The third kappa shape index (κ3) is 2.96. The van der Waals surface area contributed by atoms with E-state index in [-0.39, 0.29) is 18.4 Å². The van der Waals surface area contributed by atoms with Crippen molar-refractivity contribution < 1.29 is 28.5 Å². The van der Waals surface area contributed by atoms with Crippen LogP contribution in [0.15, 0.2) is 0 Å². The first-order valence-electron chi connectivity index (χ1n) is 6.32. The number of fused-ring (bicyclic) bond motifs is 1. The highest BCUT2D eigenvalue weighted by Crippen LogP contribution is 2.35. The summed E-state index contributed by atoms with van der Waals surface area (Å²) in [6, 6.07) is 0. The van der Waals surface area contributed by atoms with Crippen molar-refractivity contribution in [3.05, 3.63) is 0 Å². The molecule has 2 heterocycles. The summed E-state index contributed by atoms with van der Waals surface area (Å²) >= 11 is 0. The highest BCUT2D eigenvalue weighted by atomic mass is 16.8. The van der Waals surface area contributed by atoms with Gasteiger partial charge in [-0.15, -0.1) is 0 Å². The molecule has 6 nitrogen and oxygen atoms in total. The van der Waals surface area contributed by atoms with E-state index in [1.54, 1.807) is 34.6 Å². The molecule has 2 fully saturated rings. The zero-order valence-electron chi connectivity index (χ0n) is 11.9. The first-order chi connectivity index (χ1) is 8.60. The van der Waals surface area contributed by atoms with E-state index in [2.05, 4.69) is 0 Å². The van der Waals surface area contributed by atoms with Crippen LogP contribution in [0.5, 0.6) is 0 Å². The number of rotatable bonds is 2. The summed E-state index contributed by atoms with van der Waals surface area (Å²) in [6.07, 6.45) is -2.24. The first-order valence-corrected chi connectivity index (χ1v) is 6.32. The third-order valence-electron chi connectivity index (χ3n) is 2.93. The zero-order chi connectivity index (χ0) is 14.4. The van der Waals surface area contributed by atoms with E-state index < -0.39 is 29.7 Å². The molecular weight excluding hydrogens is 252 g/mol. The van der Waals surface area contributed by atoms with Crippen LogP contribution in [-0.2, 0) is 28.5 Å². The van der Waals surface area contributed by atoms with Gasteiger partial charge >= 0.3 is 5.97 Å². The number of hydrogen-bond acceptors (Lipinski definition) is 6. The minimum atomic E-state index is -0.821. The molecule has 0 bridgehead atoms. The number of esters is 1. The molecule has 0 spiro atoms. The summed E-state index contributed by atoms with van der Waals surface area (Å²) in [6.45, 7) is 8.57. The van der Waals surface area contributed by atoms with E-state index in [1.807, 2.05) is 0 Å². The van der Waals surface area contributed by atoms with E-state index in [0.29, 0.717) is 0 Å². The maximum Gasteiger partial charge on any atom is 0.311 e. The Bertz CT molecular complexity index is 394. The molecule has 0 saturated carbocycles. The van der Waals surface area contributed by atoms with Gasteiger partial charge in [-0.1, -0.05) is 0 Å². The van der Waals surface area contributed by atoms with E-state index in [1.165, 1.54) is 0 Å². The molecule has 0 radical (unpaired) electrons. The fourth-order valence-corrected chi connectivity index (χ4v) is 1.92. The molecule has 2 saturated heterocycles. The van der Waals surface area contributed by atoms with Gasteiger partial charge in [0.15, 0.2) is 30.1 Å². The van der Waals surface area contributed by atoms with Crippen molar-refractivity contribution in [2.75, 3.05) is 6.61 Å². The molecule has 3 atom stereocenters. The lowest BCUT2D eigenvalue weighted by Gasteiger charge is -2.21. The van der Waals surface area contributed by atoms with E-state index in [4.69, 9.17) is 18.9 Å². The van der Waals surface area contributed by atoms with Crippen molar-refractivity contribution in [3.63, 3.8) is 0 Å². The molecule has 108 valence electrons. The van der Waals surface area contributed by atoms with Crippen molar-refractivity contribution in [3.8, 4) is 0 Å². The average molecular weight is 272 g/mol. The minimum absolute atomic E-state index is 0.102. The average Bonchev–Trinajstić information content (AvgIpc) is 2.69. The molecule has 0 aliphatic carbocycles. The Morgan fingerprint density at radius 1 is 1.32 bits per heavy atom. The van der Waals surface area contributed by atoms with Crippen LogP contribution in [-0.4, -0.2) is 42.6 Å². The lowest BCUT2D eigenvalue weighted by Crippen LogP contribution is -2.34. The maximum atomic E-state index is 12.0. The summed E-state index contributed by atoms with van der Waals surface area (Å²) in [5.74, 6) is -1.43. The number of hydrogen-bond donors (Lipinski definition) is 0. The lowest BCUT2D eigenvalue weighted by molar-refractivity contribution is -0.209. The Balaban J connectivity index is 1.89. The smallest absolute Gasteiger partial charge is 0.311 e. The maximum absolute atomic E-state index is 12.0. The molecule has 0 unspecified atom stereocenters. The predicted octanol–water partition coefficient (Wildman–Crippen LogP) is 1.02. The first kappa shape index (κ1) is 14.4. The van der Waals surface area contributed by atoms with Crippen LogP contribution in [0.3, 0.4) is 0 Å². The lowest BCUT2D eigenvalue weighted by atomic mass is 9.97. The van der Waals surface area contributed by atoms with E-state index in [0.717, 1.165) is 0 Å². The number of ketones is 1. The number of carbonyl (C=O) groups is 2. The van der Waals surface area contributed by atoms with Crippen LogP contribution in [0.2, 0.25) is 0 Å². The predicted molar refractivity (Wildman–Crippen MR) is 64.1 cm³/mol. The van der Waals surface area contributed by atoms with Crippen LogP contribution in [0.1, 0.15) is 34.6 Å². The van der Waals surface area contributed by atoms with Gasteiger partial charge in [-0.05, 0) is 34.6 Å². The van der Waals surface area contributed by atoms with Crippen molar-refractivity contribution in [2.24, 2.45) is 5.41 Å². The highest BCUT2D eigenvalue weighted by Gasteiger charge is 2.54. The van der Waals surface area contributed by atoms with Crippen molar-refractivity contribution in [1.82, 2.24) is 0 Å². The number of ether oxygens (including phenoxy) is 4. The monoisotopic (exact) mass is 272 g/mol. The molecule has 0 N–H and O–H groups in total. The number of Topliss-reactive ketones (excluding diaryl/α,β-unsaturated/α-hetero) is 1. The summed E-state index contributed by atoms with van der Waals surface area (Å²) < 4.78 is 21.4. The second kappa shape index (κ2) is 4.54. The standard InChI is InChI=1S/C13H20O6/c1-12(2,3)11(15)16-6-7-8(14)9-10(17-7)19-13(4,5)18-9/h7,9-10H,6H2,1-5H3/t7-,9-,10-/m1/s1. The van der Waals surface area contributed by atoms with Gasteiger partial charge < -0.3 is 18.9 Å². The van der Waals surface area contributed by atoms with Crippen LogP contribution in [0, 0.1) is 5.41 Å². The van der Waals surface area contributed by atoms with Crippen molar-refractivity contribution in [2.45, 2.75) is 58.9 Å². The van der Waals surface area contributed by atoms with Gasteiger partial charge in [-0.3, -0.25) is 9.59 Å². The SMILES string of the molecule is CC1(C)O[C@H]2O[C@H](COC(=O)C(C)(C)C)C(=O)[C@H]2O1. The molecule has 6 heteroatoms. The minimum Gasteiger partial charge on any atom is -0.462 e. The topological polar surface area (TPSA) is 71.1 Å². The molecule has 19 heavy (non-hydrogen) atoms. The van der Waals surface area contributed by atoms with Gasteiger partial charge in [0.05, 0.1) is 5.41 Å². The Morgan fingerprint density at radius 2 is 1.95 bits per heavy atom. The summed E-state index contributed by atoms with van der Waals surface area (Å²) in [5, 5.41) is 0. The number of carbonyl (C=O) groups excluding carboxylic acids is 2. The van der Waals surface area contributed by atoms with Crippen molar-refractivity contribution in [1.29, 1.82) is 0 Å². The molecule has 0 aromatic rings. The summed E-state index contributed by atoms with van der Waals surface area (Å²) in [4.78, 5) is 23.6. The molecule has 2 aliphatic rings. The highest BCUT2D eigenvalue weighted by molar-refractivity contribution is 5.90. The Labute approximate surface area is 112 Å². The molecule has 0 aromatic heterocycles. The summed E-state index contributed by atoms with van der Waals surface area (Å²) in [5.41, 5.74) is -0.605. The normalized spacial score (nSPS) is 33.3. The molecule has 0 amide bonds. The van der Waals surface area contributed by atoms with Gasteiger partial charge in [0.2, 0.25) is 0 Å². The Morgan fingerprint density at radius 3 is 2.47 bits per heavy atom. The Hall–Kier alpha value is -0.980. The Kier molecular flexibility index (Phi) is 3.45. The second-order valence-electron chi connectivity index (χ2n) is 6.30. The third-order valence-corrected chi connectivity index (χ3v) is 2.93. The van der Waals surface area contributed by atoms with Gasteiger partial charge in [0.25, 0.3) is 0 Å². The van der Waals surface area contributed by atoms with Gasteiger partial charge in [0, 0.05) is 0 Å². The summed E-state index contributed by atoms with van der Waals surface area (Å²) in [7, 11) is 0. The van der Waals surface area contributed by atoms with Crippen molar-refractivity contribution >= 4 is 11.8 Å².